The molecule has 9 nitrogen and oxygen atoms in total. The largest absolute Gasteiger partial charge is 0.465 e. The maximum atomic E-state index is 12.5. The predicted molar refractivity (Wildman–Crippen MR) is 98.0 cm³/mol. The molecule has 0 spiro atoms. The van der Waals surface area contributed by atoms with Gasteiger partial charge in [-0.1, -0.05) is 0 Å². The van der Waals surface area contributed by atoms with Crippen molar-refractivity contribution in [2.75, 3.05) is 25.6 Å². The lowest BCUT2D eigenvalue weighted by Gasteiger charge is -2.26. The molecule has 0 saturated carbocycles. The van der Waals surface area contributed by atoms with Gasteiger partial charge in [-0.2, -0.15) is 0 Å². The number of carbonyl (C=O) groups excluding carboxylic acids is 3. The molecule has 3 heterocycles. The summed E-state index contributed by atoms with van der Waals surface area (Å²) in [4.78, 5) is 43.2. The fourth-order valence-electron chi connectivity index (χ4n) is 2.92. The maximum absolute atomic E-state index is 12.5. The first-order valence-corrected chi connectivity index (χ1v) is 9.21. The summed E-state index contributed by atoms with van der Waals surface area (Å²) in [5, 5.41) is 3.15. The van der Waals surface area contributed by atoms with Crippen LogP contribution in [0.4, 0.5) is 9.80 Å². The minimum absolute atomic E-state index is 0.227. The second kappa shape index (κ2) is 7.78. The Hall–Kier alpha value is -2.88. The molecule has 2 aromatic rings. The lowest BCUT2D eigenvalue weighted by molar-refractivity contribution is 0.0600. The quantitative estimate of drug-likeness (QED) is 0.799. The van der Waals surface area contributed by atoms with Crippen LogP contribution in [0.2, 0.25) is 0 Å². The van der Waals surface area contributed by atoms with Crippen LogP contribution in [0.3, 0.4) is 0 Å². The molecular weight excluding hydrogens is 372 g/mol. The van der Waals surface area contributed by atoms with Gasteiger partial charge >= 0.3 is 12.1 Å². The average Bonchev–Trinajstić information content (AvgIpc) is 3.23. The minimum atomic E-state index is -0.521. The summed E-state index contributed by atoms with van der Waals surface area (Å²) >= 11 is 1.26. The van der Waals surface area contributed by atoms with Crippen molar-refractivity contribution in [3.8, 4) is 0 Å². The summed E-state index contributed by atoms with van der Waals surface area (Å²) in [5.41, 5.74) is 1.13. The van der Waals surface area contributed by atoms with Crippen molar-refractivity contribution in [2.45, 2.75) is 19.9 Å². The van der Waals surface area contributed by atoms with Crippen LogP contribution in [-0.4, -0.2) is 52.7 Å². The van der Waals surface area contributed by atoms with E-state index in [1.165, 1.54) is 24.6 Å². The summed E-state index contributed by atoms with van der Waals surface area (Å²) < 4.78 is 11.5. The predicted octanol–water partition coefficient (Wildman–Crippen LogP) is 2.04. The molecule has 2 amide bonds. The van der Waals surface area contributed by atoms with Crippen molar-refractivity contribution in [3.05, 3.63) is 34.2 Å². The Labute approximate surface area is 159 Å². The van der Waals surface area contributed by atoms with Crippen LogP contribution in [0.25, 0.3) is 0 Å². The fraction of sp³-hybridized carbons (Fsp3) is 0.412. The van der Waals surface area contributed by atoms with Crippen molar-refractivity contribution in [2.24, 2.45) is 7.05 Å². The average molecular weight is 392 g/mol. The zero-order valence-electron chi connectivity index (χ0n) is 15.3. The molecular formula is C17H20N4O5S. The van der Waals surface area contributed by atoms with Gasteiger partial charge in [0.2, 0.25) is 0 Å². The van der Waals surface area contributed by atoms with Crippen LogP contribution in [0.1, 0.15) is 38.3 Å². The van der Waals surface area contributed by atoms with Crippen molar-refractivity contribution >= 4 is 34.3 Å². The maximum Gasteiger partial charge on any atom is 0.410 e. The molecule has 1 N–H and O–H groups in total. The number of methoxy groups -OCH3 is 1. The van der Waals surface area contributed by atoms with Crippen LogP contribution in [0, 0.1) is 0 Å². The molecule has 10 heteroatoms. The molecule has 0 radical (unpaired) electrons. The number of nitrogens with one attached hydrogen (secondary N) is 1. The van der Waals surface area contributed by atoms with E-state index in [0.717, 1.165) is 10.4 Å². The molecule has 3 rings (SSSR count). The summed E-state index contributed by atoms with van der Waals surface area (Å²) in [6.07, 6.45) is 3.27. The van der Waals surface area contributed by atoms with E-state index in [-0.39, 0.29) is 5.82 Å². The summed E-state index contributed by atoms with van der Waals surface area (Å²) in [6, 6.07) is 0. The lowest BCUT2D eigenvalue weighted by atomic mass is 10.0. The van der Waals surface area contributed by atoms with Crippen LogP contribution < -0.4 is 5.32 Å². The van der Waals surface area contributed by atoms with Gasteiger partial charge in [-0.25, -0.2) is 14.6 Å². The molecule has 2 aromatic heterocycles. The first kappa shape index (κ1) is 18.9. The highest BCUT2D eigenvalue weighted by atomic mass is 32.1. The van der Waals surface area contributed by atoms with Gasteiger partial charge in [0.1, 0.15) is 5.00 Å². The fourth-order valence-corrected chi connectivity index (χ4v) is 4.17. The second-order valence-electron chi connectivity index (χ2n) is 5.89. The number of hydrogen-bond acceptors (Lipinski definition) is 7. The highest BCUT2D eigenvalue weighted by Gasteiger charge is 2.31. The van der Waals surface area contributed by atoms with E-state index >= 15 is 0 Å². The number of imidazole rings is 1. The third kappa shape index (κ3) is 3.65. The highest BCUT2D eigenvalue weighted by Crippen LogP contribution is 2.38. The summed E-state index contributed by atoms with van der Waals surface area (Å²) in [7, 11) is 3.00. The van der Waals surface area contributed by atoms with Gasteiger partial charge in [0.25, 0.3) is 5.91 Å². The number of aromatic nitrogens is 2. The summed E-state index contributed by atoms with van der Waals surface area (Å²) in [5.74, 6) is -0.717. The van der Waals surface area contributed by atoms with Crippen molar-refractivity contribution in [1.29, 1.82) is 0 Å². The molecule has 0 aliphatic carbocycles. The molecule has 1 aliphatic heterocycles. The van der Waals surface area contributed by atoms with Gasteiger partial charge in [-0.3, -0.25) is 4.79 Å². The Morgan fingerprint density at radius 2 is 2.15 bits per heavy atom. The number of aryl methyl sites for hydroxylation is 1. The van der Waals surface area contributed by atoms with E-state index in [9.17, 15) is 14.4 Å². The molecule has 0 fully saturated rings. The lowest BCUT2D eigenvalue weighted by Crippen LogP contribution is -2.36. The van der Waals surface area contributed by atoms with Gasteiger partial charge in [0.15, 0.2) is 5.82 Å². The van der Waals surface area contributed by atoms with Crippen molar-refractivity contribution in [1.82, 2.24) is 14.5 Å². The number of fused-ring (bicyclic) bond motifs is 1. The number of hydrogen-bond donors (Lipinski definition) is 1. The van der Waals surface area contributed by atoms with E-state index in [1.54, 1.807) is 29.6 Å². The monoisotopic (exact) mass is 392 g/mol. The number of esters is 1. The first-order chi connectivity index (χ1) is 13.0. The minimum Gasteiger partial charge on any atom is -0.465 e. The molecule has 0 saturated heterocycles. The van der Waals surface area contributed by atoms with Crippen molar-refractivity contribution < 1.29 is 23.9 Å². The van der Waals surface area contributed by atoms with E-state index in [2.05, 4.69) is 10.3 Å². The Morgan fingerprint density at radius 3 is 2.78 bits per heavy atom. The number of rotatable bonds is 4. The summed E-state index contributed by atoms with van der Waals surface area (Å²) in [6.45, 7) is 2.80. The topological polar surface area (TPSA) is 103 Å². The van der Waals surface area contributed by atoms with Crippen LogP contribution >= 0.6 is 11.3 Å². The van der Waals surface area contributed by atoms with Gasteiger partial charge in [-0.05, 0) is 18.9 Å². The van der Waals surface area contributed by atoms with Gasteiger partial charge in [0, 0.05) is 30.9 Å². The molecule has 27 heavy (non-hydrogen) atoms. The second-order valence-corrected chi connectivity index (χ2v) is 6.99. The zero-order chi connectivity index (χ0) is 19.6. The zero-order valence-corrected chi connectivity index (χ0v) is 16.1. The Kier molecular flexibility index (Phi) is 5.45. The van der Waals surface area contributed by atoms with E-state index in [4.69, 9.17) is 9.47 Å². The van der Waals surface area contributed by atoms with Crippen LogP contribution in [0.5, 0.6) is 0 Å². The van der Waals surface area contributed by atoms with E-state index in [0.29, 0.717) is 36.7 Å². The number of anilines is 1. The highest BCUT2D eigenvalue weighted by molar-refractivity contribution is 7.17. The smallest absolute Gasteiger partial charge is 0.410 e. The molecule has 0 aromatic carbocycles. The third-order valence-electron chi connectivity index (χ3n) is 4.22. The number of thiophene rings is 1. The SMILES string of the molecule is CCOC(=O)N1CCc2c(sc(NC(=O)c3nccn3C)c2C(=O)OC)C1. The van der Waals surface area contributed by atoms with Crippen molar-refractivity contribution in [3.63, 3.8) is 0 Å². The van der Waals surface area contributed by atoms with Gasteiger partial charge in [0.05, 0.1) is 25.8 Å². The van der Waals surface area contributed by atoms with E-state index in [1.807, 2.05) is 0 Å². The van der Waals surface area contributed by atoms with Crippen LogP contribution in [0.15, 0.2) is 12.4 Å². The molecule has 1 aliphatic rings. The Balaban J connectivity index is 1.91. The number of nitrogens with zero attached hydrogens (tertiary/aromatic N) is 3. The van der Waals surface area contributed by atoms with Gasteiger partial charge in [-0.15, -0.1) is 11.3 Å². The number of amides is 2. The molecule has 0 atom stereocenters. The van der Waals surface area contributed by atoms with E-state index < -0.39 is 18.0 Å². The Bertz CT molecular complexity index is 888. The first-order valence-electron chi connectivity index (χ1n) is 8.39. The molecule has 0 bridgehead atoms. The number of carbonyl (C=O) groups is 3. The third-order valence-corrected chi connectivity index (χ3v) is 5.36. The standard InChI is InChI=1S/C17H20N4O5S/c1-4-26-17(24)21-7-5-10-11(9-21)27-15(12(10)16(23)25-3)19-14(22)13-18-6-8-20(13)2/h6,8H,4-5,7,9H2,1-3H3,(H,19,22). The molecule has 144 valence electrons. The van der Waals surface area contributed by atoms with Crippen LogP contribution in [-0.2, 0) is 29.5 Å². The normalized spacial score (nSPS) is 13.1. The van der Waals surface area contributed by atoms with Gasteiger partial charge < -0.3 is 24.3 Å². The molecule has 0 unspecified atom stereocenters. The Morgan fingerprint density at radius 1 is 1.37 bits per heavy atom. The number of ether oxygens (including phenoxy) is 2.